The maximum Gasteiger partial charge on any atom is 0.272 e. The van der Waals surface area contributed by atoms with E-state index in [0.29, 0.717) is 31.1 Å². The molecule has 0 aliphatic rings. The topological polar surface area (TPSA) is 97.7 Å². The molecule has 2 aromatic heterocycles. The van der Waals surface area contributed by atoms with Gasteiger partial charge in [0.25, 0.3) is 5.91 Å². The number of carbonyl (C=O) groups is 1. The first-order valence-corrected chi connectivity index (χ1v) is 9.92. The van der Waals surface area contributed by atoms with E-state index >= 15 is 0 Å². The van der Waals surface area contributed by atoms with Crippen LogP contribution >= 0.6 is 0 Å². The molecule has 0 aliphatic heterocycles. The smallest absolute Gasteiger partial charge is 0.272 e. The van der Waals surface area contributed by atoms with E-state index < -0.39 is 0 Å². The number of fused-ring (bicyclic) bond motifs is 1. The molecule has 4 rings (SSSR count). The Morgan fingerprint density at radius 3 is 2.83 bits per heavy atom. The lowest BCUT2D eigenvalue weighted by Crippen LogP contribution is -2.30. The lowest BCUT2D eigenvalue weighted by atomic mass is 10.1. The van der Waals surface area contributed by atoms with Crippen molar-refractivity contribution in [3.63, 3.8) is 0 Å². The first-order chi connectivity index (χ1) is 14.6. The molecule has 2 heterocycles. The fourth-order valence-electron chi connectivity index (χ4n) is 3.23. The molecule has 0 saturated carbocycles. The number of ether oxygens (including phenoxy) is 1. The average molecular weight is 404 g/mol. The predicted molar refractivity (Wildman–Crippen MR) is 114 cm³/mol. The van der Waals surface area contributed by atoms with Gasteiger partial charge in [0.2, 0.25) is 0 Å². The summed E-state index contributed by atoms with van der Waals surface area (Å²) in [7, 11) is 0. The van der Waals surface area contributed by atoms with Gasteiger partial charge in [0.05, 0.1) is 31.0 Å². The molecule has 0 spiro atoms. The summed E-state index contributed by atoms with van der Waals surface area (Å²) >= 11 is 0. The summed E-state index contributed by atoms with van der Waals surface area (Å²) in [5.74, 6) is -0.231. The van der Waals surface area contributed by atoms with E-state index in [4.69, 9.17) is 4.74 Å². The molecule has 30 heavy (non-hydrogen) atoms. The van der Waals surface area contributed by atoms with E-state index in [9.17, 15) is 4.79 Å². The summed E-state index contributed by atoms with van der Waals surface area (Å²) < 4.78 is 7.17. The van der Waals surface area contributed by atoms with Crippen molar-refractivity contribution >= 4 is 16.8 Å². The zero-order valence-corrected chi connectivity index (χ0v) is 17.0. The highest BCUT2D eigenvalue weighted by molar-refractivity contribution is 5.99. The monoisotopic (exact) mass is 404 g/mol. The van der Waals surface area contributed by atoms with Crippen molar-refractivity contribution in [2.24, 2.45) is 0 Å². The molecule has 2 N–H and O–H groups in total. The van der Waals surface area contributed by atoms with Crippen molar-refractivity contribution in [2.45, 2.75) is 26.5 Å². The Morgan fingerprint density at radius 1 is 1.20 bits per heavy atom. The van der Waals surface area contributed by atoms with Crippen molar-refractivity contribution in [1.82, 2.24) is 30.5 Å². The summed E-state index contributed by atoms with van der Waals surface area (Å²) in [6.45, 7) is 5.23. The minimum absolute atomic E-state index is 0.115. The number of rotatable bonds is 8. The van der Waals surface area contributed by atoms with Gasteiger partial charge in [-0.25, -0.2) is 4.68 Å². The number of hydrogen-bond acceptors (Lipinski definition) is 5. The second-order valence-electron chi connectivity index (χ2n) is 7.28. The van der Waals surface area contributed by atoms with Gasteiger partial charge < -0.3 is 10.1 Å². The number of nitrogens with zero attached hydrogens (tertiary/aromatic N) is 4. The maximum absolute atomic E-state index is 13.1. The lowest BCUT2D eigenvalue weighted by molar-refractivity contribution is 0.0743. The molecule has 0 bridgehead atoms. The van der Waals surface area contributed by atoms with Crippen LogP contribution < -0.4 is 5.32 Å². The molecular weight excluding hydrogens is 380 g/mol. The second kappa shape index (κ2) is 8.87. The van der Waals surface area contributed by atoms with Crippen LogP contribution in [0.3, 0.4) is 0 Å². The number of aromatic nitrogens is 5. The molecule has 0 radical (unpaired) electrons. The largest absolute Gasteiger partial charge is 0.377 e. The van der Waals surface area contributed by atoms with E-state index in [1.165, 1.54) is 0 Å². The van der Waals surface area contributed by atoms with Crippen molar-refractivity contribution in [3.05, 3.63) is 66.0 Å². The Bertz CT molecular complexity index is 1130. The first-order valence-electron chi connectivity index (χ1n) is 9.92. The summed E-state index contributed by atoms with van der Waals surface area (Å²) in [6, 6.07) is 15.7. The lowest BCUT2D eigenvalue weighted by Gasteiger charge is -2.11. The van der Waals surface area contributed by atoms with Gasteiger partial charge in [0.1, 0.15) is 5.69 Å². The molecule has 1 amide bonds. The highest BCUT2D eigenvalue weighted by Crippen LogP contribution is 2.25. The van der Waals surface area contributed by atoms with E-state index in [1.807, 2.05) is 62.4 Å². The average Bonchev–Trinajstić information content (AvgIpc) is 3.38. The number of nitrogens with one attached hydrogen (secondary N) is 2. The molecule has 0 saturated heterocycles. The van der Waals surface area contributed by atoms with Crippen molar-refractivity contribution in [1.29, 1.82) is 0 Å². The quantitative estimate of drug-likeness (QED) is 0.440. The number of hydrogen-bond donors (Lipinski definition) is 2. The van der Waals surface area contributed by atoms with Crippen molar-refractivity contribution in [3.8, 4) is 11.3 Å². The van der Waals surface area contributed by atoms with Crippen LogP contribution in [0.25, 0.3) is 22.2 Å². The number of carbonyl (C=O) groups excluding carboxylic acids is 1. The fraction of sp³-hybridized carbons (Fsp3) is 0.273. The predicted octanol–water partition coefficient (Wildman–Crippen LogP) is 3.02. The van der Waals surface area contributed by atoms with E-state index in [-0.39, 0.29) is 12.0 Å². The number of benzene rings is 2. The SMILES string of the molecule is CC(C)OCCNC(=O)c1c(-c2ccc3[nH]ncc3c2)nnn1Cc1ccccc1. The van der Waals surface area contributed by atoms with E-state index in [1.54, 1.807) is 10.9 Å². The van der Waals surface area contributed by atoms with Crippen LogP contribution in [0.4, 0.5) is 0 Å². The third-order valence-corrected chi connectivity index (χ3v) is 4.68. The Morgan fingerprint density at radius 2 is 2.03 bits per heavy atom. The van der Waals surface area contributed by atoms with Gasteiger partial charge in [-0.2, -0.15) is 5.10 Å². The Kier molecular flexibility index (Phi) is 5.85. The maximum atomic E-state index is 13.1. The van der Waals surface area contributed by atoms with E-state index in [2.05, 4.69) is 25.8 Å². The molecule has 4 aromatic rings. The minimum Gasteiger partial charge on any atom is -0.377 e. The van der Waals surface area contributed by atoms with Gasteiger partial charge in [0, 0.05) is 17.5 Å². The molecule has 0 atom stereocenters. The summed E-state index contributed by atoms with van der Waals surface area (Å²) in [5.41, 5.74) is 3.73. The Labute approximate surface area is 174 Å². The fourth-order valence-corrected chi connectivity index (χ4v) is 3.23. The first kappa shape index (κ1) is 19.8. The number of amides is 1. The van der Waals surface area contributed by atoms with Gasteiger partial charge in [-0.1, -0.05) is 41.6 Å². The molecule has 0 aliphatic carbocycles. The number of aromatic amines is 1. The highest BCUT2D eigenvalue weighted by atomic mass is 16.5. The molecule has 2 aromatic carbocycles. The van der Waals surface area contributed by atoms with Crippen LogP contribution in [-0.4, -0.2) is 50.4 Å². The van der Waals surface area contributed by atoms with Gasteiger partial charge in [-0.15, -0.1) is 5.10 Å². The van der Waals surface area contributed by atoms with Crippen LogP contribution in [0.2, 0.25) is 0 Å². The van der Waals surface area contributed by atoms with Gasteiger partial charge in [-0.3, -0.25) is 9.89 Å². The zero-order valence-electron chi connectivity index (χ0n) is 17.0. The van der Waals surface area contributed by atoms with Gasteiger partial charge in [0.15, 0.2) is 5.69 Å². The normalized spacial score (nSPS) is 11.3. The third-order valence-electron chi connectivity index (χ3n) is 4.68. The Balaban J connectivity index is 1.65. The molecule has 0 unspecified atom stereocenters. The summed E-state index contributed by atoms with van der Waals surface area (Å²) in [6.07, 6.45) is 1.86. The molecule has 8 heteroatoms. The Hall–Kier alpha value is -3.52. The highest BCUT2D eigenvalue weighted by Gasteiger charge is 2.22. The summed E-state index contributed by atoms with van der Waals surface area (Å²) in [5, 5.41) is 19.5. The molecule has 154 valence electrons. The minimum atomic E-state index is -0.231. The molecule has 0 fully saturated rings. The molecular formula is C22H24N6O2. The number of H-pyrrole nitrogens is 1. The third kappa shape index (κ3) is 4.38. The van der Waals surface area contributed by atoms with Crippen LogP contribution in [0.5, 0.6) is 0 Å². The van der Waals surface area contributed by atoms with E-state index in [0.717, 1.165) is 22.0 Å². The van der Waals surface area contributed by atoms with Crippen LogP contribution in [0.15, 0.2) is 54.7 Å². The van der Waals surface area contributed by atoms with Gasteiger partial charge in [-0.05, 0) is 31.5 Å². The van der Waals surface area contributed by atoms with Gasteiger partial charge >= 0.3 is 0 Å². The van der Waals surface area contributed by atoms with Crippen LogP contribution in [0.1, 0.15) is 29.9 Å². The van der Waals surface area contributed by atoms with Crippen LogP contribution in [-0.2, 0) is 11.3 Å². The van der Waals surface area contributed by atoms with Crippen molar-refractivity contribution in [2.75, 3.05) is 13.2 Å². The molecule has 8 nitrogen and oxygen atoms in total. The zero-order chi connectivity index (χ0) is 20.9. The van der Waals surface area contributed by atoms with Crippen molar-refractivity contribution < 1.29 is 9.53 Å². The standard InChI is InChI=1S/C22H24N6O2/c1-15(2)30-11-10-23-22(29)21-20(17-8-9-19-18(12-17)13-24-25-19)26-27-28(21)14-16-6-4-3-5-7-16/h3-9,12-13,15H,10-11,14H2,1-2H3,(H,23,29)(H,24,25). The second-order valence-corrected chi connectivity index (χ2v) is 7.28. The summed E-state index contributed by atoms with van der Waals surface area (Å²) in [4.78, 5) is 13.1. The van der Waals surface area contributed by atoms with Crippen LogP contribution in [0, 0.1) is 0 Å².